The van der Waals surface area contributed by atoms with Gasteiger partial charge in [0.2, 0.25) is 0 Å². The fraction of sp³-hybridized carbons (Fsp3) is 0.938. The number of carbonyl (C=O) groups is 1. The predicted octanol–water partition coefficient (Wildman–Crippen LogP) is 2.18. The van der Waals surface area contributed by atoms with Crippen molar-refractivity contribution in [2.45, 2.75) is 64.0 Å². The lowest BCUT2D eigenvalue weighted by molar-refractivity contribution is -0.149. The number of rotatable bonds is 7. The van der Waals surface area contributed by atoms with Gasteiger partial charge in [-0.3, -0.25) is 10.1 Å². The van der Waals surface area contributed by atoms with Crippen molar-refractivity contribution >= 4 is 5.97 Å². The van der Waals surface area contributed by atoms with Gasteiger partial charge in [0.25, 0.3) is 0 Å². The Hall–Kier alpha value is -0.610. The van der Waals surface area contributed by atoms with Gasteiger partial charge in [-0.15, -0.1) is 0 Å². The van der Waals surface area contributed by atoms with E-state index < -0.39 is 5.54 Å². The molecular formula is C16H30N2O2. The van der Waals surface area contributed by atoms with E-state index in [1.165, 1.54) is 45.6 Å². The molecule has 1 N–H and O–H groups in total. The molecule has 0 radical (unpaired) electrons. The first-order chi connectivity index (χ1) is 9.57. The molecule has 1 aliphatic carbocycles. The number of methoxy groups -OCH3 is 1. The van der Waals surface area contributed by atoms with E-state index in [1.807, 2.05) is 6.92 Å². The average molecular weight is 282 g/mol. The molecule has 2 aliphatic rings. The number of nitrogens with one attached hydrogen (secondary N) is 1. The molecule has 0 aromatic rings. The number of piperidine rings is 1. The Kier molecular flexibility index (Phi) is 5.44. The second-order valence-electron chi connectivity index (χ2n) is 6.75. The van der Waals surface area contributed by atoms with Crippen molar-refractivity contribution in [3.05, 3.63) is 0 Å². The highest BCUT2D eigenvalue weighted by Crippen LogP contribution is 2.26. The highest BCUT2D eigenvalue weighted by atomic mass is 16.5. The van der Waals surface area contributed by atoms with Crippen LogP contribution in [0.2, 0.25) is 0 Å². The molecule has 2 fully saturated rings. The quantitative estimate of drug-likeness (QED) is 0.727. The number of esters is 1. The van der Waals surface area contributed by atoms with Crippen molar-refractivity contribution in [2.24, 2.45) is 5.92 Å². The lowest BCUT2D eigenvalue weighted by Gasteiger charge is -2.38. The van der Waals surface area contributed by atoms with Gasteiger partial charge in [0.15, 0.2) is 0 Å². The number of nitrogens with zero attached hydrogens (tertiary/aromatic N) is 1. The summed E-state index contributed by atoms with van der Waals surface area (Å²) in [6.07, 6.45) is 7.55. The third kappa shape index (κ3) is 4.19. The van der Waals surface area contributed by atoms with Gasteiger partial charge < -0.3 is 9.64 Å². The monoisotopic (exact) mass is 282 g/mol. The molecule has 2 rings (SSSR count). The second kappa shape index (κ2) is 6.90. The Morgan fingerprint density at radius 1 is 1.30 bits per heavy atom. The molecule has 1 unspecified atom stereocenters. The van der Waals surface area contributed by atoms with Crippen molar-refractivity contribution < 1.29 is 9.53 Å². The molecule has 0 amide bonds. The van der Waals surface area contributed by atoms with Crippen LogP contribution in [0.4, 0.5) is 0 Å². The molecule has 1 saturated carbocycles. The predicted molar refractivity (Wildman–Crippen MR) is 80.7 cm³/mol. The SMILES string of the molecule is CCCC1CCN(CC(C)(NC2CC2)C(=O)OC)CC1. The molecule has 1 saturated heterocycles. The van der Waals surface area contributed by atoms with Gasteiger partial charge in [-0.25, -0.2) is 0 Å². The van der Waals surface area contributed by atoms with Crippen LogP contribution in [0, 0.1) is 5.92 Å². The van der Waals surface area contributed by atoms with E-state index in [-0.39, 0.29) is 5.97 Å². The van der Waals surface area contributed by atoms with E-state index in [2.05, 4.69) is 17.1 Å². The molecular weight excluding hydrogens is 252 g/mol. The summed E-state index contributed by atoms with van der Waals surface area (Å²) in [6, 6.07) is 0.511. The fourth-order valence-corrected chi connectivity index (χ4v) is 3.36. The van der Waals surface area contributed by atoms with Gasteiger partial charge >= 0.3 is 5.97 Å². The number of carbonyl (C=O) groups excluding carboxylic acids is 1. The van der Waals surface area contributed by atoms with Crippen LogP contribution in [-0.2, 0) is 9.53 Å². The van der Waals surface area contributed by atoms with Crippen LogP contribution < -0.4 is 5.32 Å². The molecule has 0 aromatic carbocycles. The maximum Gasteiger partial charge on any atom is 0.327 e. The fourth-order valence-electron chi connectivity index (χ4n) is 3.36. The molecule has 4 heteroatoms. The normalized spacial score (nSPS) is 24.4. The van der Waals surface area contributed by atoms with Crippen LogP contribution in [0.1, 0.15) is 52.4 Å². The van der Waals surface area contributed by atoms with Crippen molar-refractivity contribution in [1.29, 1.82) is 0 Å². The average Bonchev–Trinajstić information content (AvgIpc) is 3.24. The lowest BCUT2D eigenvalue weighted by Crippen LogP contribution is -2.59. The first kappa shape index (κ1) is 15.8. The largest absolute Gasteiger partial charge is 0.468 e. The number of likely N-dealkylation sites (tertiary alicyclic amines) is 1. The van der Waals surface area contributed by atoms with Gasteiger partial charge in [-0.1, -0.05) is 19.8 Å². The summed E-state index contributed by atoms with van der Waals surface area (Å²) in [5.74, 6) is 0.761. The zero-order valence-electron chi connectivity index (χ0n) is 13.3. The summed E-state index contributed by atoms with van der Waals surface area (Å²) in [5, 5.41) is 3.49. The van der Waals surface area contributed by atoms with Crippen LogP contribution in [0.15, 0.2) is 0 Å². The van der Waals surface area contributed by atoms with Crippen molar-refractivity contribution in [2.75, 3.05) is 26.7 Å². The Morgan fingerprint density at radius 3 is 2.45 bits per heavy atom. The second-order valence-corrected chi connectivity index (χ2v) is 6.75. The van der Waals surface area contributed by atoms with Gasteiger partial charge in [-0.2, -0.15) is 0 Å². The minimum atomic E-state index is -0.548. The summed E-state index contributed by atoms with van der Waals surface area (Å²) < 4.78 is 5.02. The number of hydrogen-bond acceptors (Lipinski definition) is 4. The lowest BCUT2D eigenvalue weighted by atomic mass is 9.91. The zero-order valence-corrected chi connectivity index (χ0v) is 13.3. The van der Waals surface area contributed by atoms with Gasteiger partial charge in [0.05, 0.1) is 7.11 Å². The van der Waals surface area contributed by atoms with Gasteiger partial charge in [-0.05, 0) is 51.6 Å². The Morgan fingerprint density at radius 2 is 1.95 bits per heavy atom. The third-order valence-corrected chi connectivity index (χ3v) is 4.68. The standard InChI is InChI=1S/C16H30N2O2/c1-4-5-13-8-10-18(11-9-13)12-16(2,15(19)20-3)17-14-6-7-14/h13-14,17H,4-12H2,1-3H3. The Labute approximate surface area is 123 Å². The minimum absolute atomic E-state index is 0.125. The molecule has 1 atom stereocenters. The van der Waals surface area contributed by atoms with Crippen LogP contribution in [-0.4, -0.2) is 49.2 Å². The van der Waals surface area contributed by atoms with E-state index >= 15 is 0 Å². The van der Waals surface area contributed by atoms with Crippen LogP contribution in [0.3, 0.4) is 0 Å². The molecule has 1 aliphatic heterocycles. The first-order valence-corrected chi connectivity index (χ1v) is 8.16. The van der Waals surface area contributed by atoms with Crippen LogP contribution in [0.5, 0.6) is 0 Å². The van der Waals surface area contributed by atoms with Crippen molar-refractivity contribution in [3.63, 3.8) is 0 Å². The molecule has 4 nitrogen and oxygen atoms in total. The smallest absolute Gasteiger partial charge is 0.327 e. The van der Waals surface area contributed by atoms with Gasteiger partial charge in [0, 0.05) is 12.6 Å². The van der Waals surface area contributed by atoms with Crippen molar-refractivity contribution in [1.82, 2.24) is 10.2 Å². The maximum absolute atomic E-state index is 12.1. The number of ether oxygens (including phenoxy) is 1. The first-order valence-electron chi connectivity index (χ1n) is 8.16. The number of hydrogen-bond donors (Lipinski definition) is 1. The summed E-state index contributed by atoms with van der Waals surface area (Å²) in [4.78, 5) is 14.6. The van der Waals surface area contributed by atoms with Crippen LogP contribution >= 0.6 is 0 Å². The van der Waals surface area contributed by atoms with E-state index in [9.17, 15) is 4.79 Å². The zero-order chi connectivity index (χ0) is 14.6. The third-order valence-electron chi connectivity index (χ3n) is 4.68. The molecule has 0 aromatic heterocycles. The van der Waals surface area contributed by atoms with Gasteiger partial charge in [0.1, 0.15) is 5.54 Å². The summed E-state index contributed by atoms with van der Waals surface area (Å²) in [5.41, 5.74) is -0.548. The summed E-state index contributed by atoms with van der Waals surface area (Å²) in [7, 11) is 1.49. The topological polar surface area (TPSA) is 41.6 Å². The molecule has 116 valence electrons. The maximum atomic E-state index is 12.1. The van der Waals surface area contributed by atoms with E-state index in [1.54, 1.807) is 0 Å². The molecule has 0 bridgehead atoms. The van der Waals surface area contributed by atoms with Crippen molar-refractivity contribution in [3.8, 4) is 0 Å². The Balaban J connectivity index is 1.86. The summed E-state index contributed by atoms with van der Waals surface area (Å²) in [6.45, 7) is 7.26. The summed E-state index contributed by atoms with van der Waals surface area (Å²) >= 11 is 0. The minimum Gasteiger partial charge on any atom is -0.468 e. The van der Waals surface area contributed by atoms with E-state index in [0.717, 1.165) is 25.6 Å². The highest BCUT2D eigenvalue weighted by Gasteiger charge is 2.41. The molecule has 20 heavy (non-hydrogen) atoms. The van der Waals surface area contributed by atoms with E-state index in [4.69, 9.17) is 4.74 Å². The Bertz CT molecular complexity index is 322. The molecule has 1 heterocycles. The highest BCUT2D eigenvalue weighted by molar-refractivity contribution is 5.80. The molecule has 0 spiro atoms. The van der Waals surface area contributed by atoms with Crippen LogP contribution in [0.25, 0.3) is 0 Å². The van der Waals surface area contributed by atoms with E-state index in [0.29, 0.717) is 6.04 Å².